The molecule has 11 heteroatoms. The number of carbonyl (C=O) groups excluding carboxylic acids is 1. The quantitative estimate of drug-likeness (QED) is 0.484. The van der Waals surface area contributed by atoms with Crippen LogP contribution >= 0.6 is 0 Å². The lowest BCUT2D eigenvalue weighted by Gasteiger charge is -2.37. The second-order valence-corrected chi connectivity index (χ2v) is 7.53. The van der Waals surface area contributed by atoms with E-state index in [9.17, 15) is 4.79 Å². The van der Waals surface area contributed by atoms with Gasteiger partial charge in [0.25, 0.3) is 12.4 Å². The molecule has 5 heterocycles. The Kier molecular flexibility index (Phi) is 5.88. The first-order valence-electron chi connectivity index (χ1n) is 10.1. The van der Waals surface area contributed by atoms with Gasteiger partial charge in [0.1, 0.15) is 6.33 Å². The SMILES string of the molecule is CC(C)[C@@H]1c2nc(-c3cccnc3)nn2CCN1C(=O)c1cccn2cnnc12.O=CO. The summed E-state index contributed by atoms with van der Waals surface area (Å²) in [5.41, 5.74) is 1.96. The Morgan fingerprint density at radius 2 is 2.06 bits per heavy atom. The molecule has 11 nitrogen and oxygen atoms in total. The molecule has 1 aliphatic heterocycles. The third kappa shape index (κ3) is 3.80. The summed E-state index contributed by atoms with van der Waals surface area (Å²) in [6.07, 6.45) is 6.90. The van der Waals surface area contributed by atoms with Crippen LogP contribution < -0.4 is 0 Å². The maximum atomic E-state index is 13.5. The number of carboxylic acid groups (broad SMARTS) is 1. The van der Waals surface area contributed by atoms with Gasteiger partial charge in [0.15, 0.2) is 17.3 Å². The van der Waals surface area contributed by atoms with Crippen LogP contribution in [0.1, 0.15) is 36.1 Å². The second-order valence-electron chi connectivity index (χ2n) is 7.53. The zero-order chi connectivity index (χ0) is 22.7. The van der Waals surface area contributed by atoms with Crippen LogP contribution in [0.5, 0.6) is 0 Å². The Bertz CT molecular complexity index is 1230. The number of fused-ring (bicyclic) bond motifs is 2. The standard InChI is InChI=1S/C20H20N8O.CH2O2/c1-13(2)16-19-23-17(14-5-3-7-21-11-14)25-28(19)10-9-27(16)20(29)15-6-4-8-26-12-22-24-18(15)26;2-1-3/h3-8,11-13,16H,9-10H2,1-2H3;1H,(H,2,3)/t16-;/m1./s1. The van der Waals surface area contributed by atoms with Crippen molar-refractivity contribution in [2.24, 2.45) is 5.92 Å². The first-order valence-corrected chi connectivity index (χ1v) is 10.1. The van der Waals surface area contributed by atoms with Gasteiger partial charge in [-0.3, -0.25) is 19.0 Å². The highest BCUT2D eigenvalue weighted by Crippen LogP contribution is 2.33. The highest BCUT2D eigenvalue weighted by atomic mass is 16.3. The van der Waals surface area contributed by atoms with Crippen molar-refractivity contribution < 1.29 is 14.7 Å². The van der Waals surface area contributed by atoms with Crippen LogP contribution in [0.15, 0.2) is 49.2 Å². The van der Waals surface area contributed by atoms with E-state index < -0.39 is 0 Å². The molecule has 1 amide bonds. The Hall–Kier alpha value is -4.15. The number of aromatic nitrogens is 7. The summed E-state index contributed by atoms with van der Waals surface area (Å²) < 4.78 is 3.67. The molecule has 0 saturated heterocycles. The van der Waals surface area contributed by atoms with Crippen molar-refractivity contribution in [3.8, 4) is 11.4 Å². The topological polar surface area (TPSA) is 131 Å². The van der Waals surface area contributed by atoms with Crippen LogP contribution in [0.4, 0.5) is 0 Å². The number of amides is 1. The highest BCUT2D eigenvalue weighted by Gasteiger charge is 2.37. The Morgan fingerprint density at radius 3 is 2.78 bits per heavy atom. The molecule has 1 N–H and O–H groups in total. The zero-order valence-electron chi connectivity index (χ0n) is 17.6. The van der Waals surface area contributed by atoms with Gasteiger partial charge >= 0.3 is 0 Å². The first kappa shape index (κ1) is 21.1. The van der Waals surface area contributed by atoms with Gasteiger partial charge < -0.3 is 10.0 Å². The third-order valence-corrected chi connectivity index (χ3v) is 5.22. The Labute approximate surface area is 183 Å². The van der Waals surface area contributed by atoms with E-state index in [0.717, 1.165) is 11.4 Å². The van der Waals surface area contributed by atoms with Gasteiger partial charge in [0.2, 0.25) is 0 Å². The van der Waals surface area contributed by atoms with E-state index >= 15 is 0 Å². The molecule has 0 fully saturated rings. The van der Waals surface area contributed by atoms with Gasteiger partial charge in [-0.2, -0.15) is 5.10 Å². The monoisotopic (exact) mass is 434 g/mol. The van der Waals surface area contributed by atoms with Gasteiger partial charge in [0.05, 0.1) is 18.2 Å². The molecule has 0 bridgehead atoms. The minimum atomic E-state index is -0.250. The molecule has 1 atom stereocenters. The smallest absolute Gasteiger partial charge is 0.290 e. The number of rotatable bonds is 3. The van der Waals surface area contributed by atoms with Crippen molar-refractivity contribution in [1.29, 1.82) is 0 Å². The molecule has 0 aliphatic carbocycles. The fraction of sp³-hybridized carbons (Fsp3) is 0.286. The Balaban J connectivity index is 0.000000775. The lowest BCUT2D eigenvalue weighted by Crippen LogP contribution is -2.44. The largest absolute Gasteiger partial charge is 0.483 e. The molecule has 0 radical (unpaired) electrons. The third-order valence-electron chi connectivity index (χ3n) is 5.22. The van der Waals surface area contributed by atoms with Crippen LogP contribution in [0.25, 0.3) is 17.0 Å². The van der Waals surface area contributed by atoms with E-state index in [-0.39, 0.29) is 24.3 Å². The van der Waals surface area contributed by atoms with Crippen LogP contribution in [0.3, 0.4) is 0 Å². The summed E-state index contributed by atoms with van der Waals surface area (Å²) in [7, 11) is 0. The van der Waals surface area contributed by atoms with Crippen LogP contribution in [-0.2, 0) is 11.3 Å². The fourth-order valence-electron chi connectivity index (χ4n) is 3.89. The molecule has 164 valence electrons. The molecule has 0 unspecified atom stereocenters. The molecule has 4 aromatic rings. The van der Waals surface area contributed by atoms with Crippen LogP contribution in [-0.4, -0.2) is 63.3 Å². The molecule has 4 aromatic heterocycles. The van der Waals surface area contributed by atoms with Gasteiger partial charge in [-0.1, -0.05) is 13.8 Å². The summed E-state index contributed by atoms with van der Waals surface area (Å²) >= 11 is 0. The molecule has 0 saturated carbocycles. The van der Waals surface area contributed by atoms with E-state index in [0.29, 0.717) is 30.1 Å². The fourth-order valence-corrected chi connectivity index (χ4v) is 3.89. The molecule has 1 aliphatic rings. The maximum Gasteiger partial charge on any atom is 0.290 e. The zero-order valence-corrected chi connectivity index (χ0v) is 17.6. The first-order chi connectivity index (χ1) is 15.5. The minimum Gasteiger partial charge on any atom is -0.483 e. The van der Waals surface area contributed by atoms with E-state index in [1.807, 2.05) is 34.0 Å². The summed E-state index contributed by atoms with van der Waals surface area (Å²) in [5, 5.41) is 19.6. The van der Waals surface area contributed by atoms with Crippen molar-refractivity contribution in [2.45, 2.75) is 26.4 Å². The van der Waals surface area contributed by atoms with Crippen molar-refractivity contribution in [3.05, 3.63) is 60.6 Å². The van der Waals surface area contributed by atoms with Crippen molar-refractivity contribution in [3.63, 3.8) is 0 Å². The number of hydrogen-bond acceptors (Lipinski definition) is 7. The summed E-state index contributed by atoms with van der Waals surface area (Å²) in [4.78, 5) is 32.7. The van der Waals surface area contributed by atoms with Crippen molar-refractivity contribution in [1.82, 2.24) is 39.2 Å². The summed E-state index contributed by atoms with van der Waals surface area (Å²) in [6, 6.07) is 7.25. The molecular formula is C21H22N8O3. The Morgan fingerprint density at radius 1 is 1.25 bits per heavy atom. The normalized spacial score (nSPS) is 15.2. The molecular weight excluding hydrogens is 412 g/mol. The van der Waals surface area contributed by atoms with Crippen LogP contribution in [0, 0.1) is 5.92 Å². The van der Waals surface area contributed by atoms with E-state index in [1.54, 1.807) is 29.2 Å². The van der Waals surface area contributed by atoms with E-state index in [4.69, 9.17) is 14.9 Å². The van der Waals surface area contributed by atoms with Crippen molar-refractivity contribution in [2.75, 3.05) is 6.54 Å². The van der Waals surface area contributed by atoms with E-state index in [2.05, 4.69) is 34.1 Å². The van der Waals surface area contributed by atoms with Crippen molar-refractivity contribution >= 4 is 18.0 Å². The average molecular weight is 434 g/mol. The molecule has 32 heavy (non-hydrogen) atoms. The molecule has 0 aromatic carbocycles. The number of carbonyl (C=O) groups is 2. The predicted octanol–water partition coefficient (Wildman–Crippen LogP) is 1.94. The van der Waals surface area contributed by atoms with E-state index in [1.165, 1.54) is 0 Å². The maximum absolute atomic E-state index is 13.5. The highest BCUT2D eigenvalue weighted by molar-refractivity contribution is 6.00. The lowest BCUT2D eigenvalue weighted by molar-refractivity contribution is -0.122. The van der Waals surface area contributed by atoms with Gasteiger partial charge in [0, 0.05) is 30.7 Å². The minimum absolute atomic E-state index is 0.0699. The number of pyridine rings is 2. The van der Waals surface area contributed by atoms with Gasteiger partial charge in [-0.15, -0.1) is 10.2 Å². The predicted molar refractivity (Wildman–Crippen MR) is 114 cm³/mol. The lowest BCUT2D eigenvalue weighted by atomic mass is 9.99. The summed E-state index contributed by atoms with van der Waals surface area (Å²) in [6.45, 7) is 5.08. The summed E-state index contributed by atoms with van der Waals surface area (Å²) in [5.74, 6) is 1.53. The van der Waals surface area contributed by atoms with Gasteiger partial charge in [-0.05, 0) is 30.2 Å². The van der Waals surface area contributed by atoms with Gasteiger partial charge in [-0.25, -0.2) is 9.67 Å². The number of nitrogens with zero attached hydrogens (tertiary/aromatic N) is 8. The molecule has 0 spiro atoms. The average Bonchev–Trinajstić information content (AvgIpc) is 3.45. The number of hydrogen-bond donors (Lipinski definition) is 1. The second kappa shape index (κ2) is 8.92. The molecule has 5 rings (SSSR count). The van der Waals surface area contributed by atoms with Crippen LogP contribution in [0.2, 0.25) is 0 Å².